The molecule has 0 aliphatic carbocycles. The van der Waals surface area contributed by atoms with Crippen molar-refractivity contribution in [3.8, 4) is 17.4 Å². The summed E-state index contributed by atoms with van der Waals surface area (Å²) in [5.74, 6) is -3.42. The first-order valence-corrected chi connectivity index (χ1v) is 3.20. The second kappa shape index (κ2) is 3.13. The molecule has 1 rings (SSSR count). The van der Waals surface area contributed by atoms with Gasteiger partial charge in [0.25, 0.3) is 5.56 Å². The molecule has 0 saturated carbocycles. The highest BCUT2D eigenvalue weighted by Gasteiger charge is 2.33. The van der Waals surface area contributed by atoms with Gasteiger partial charge in [0, 0.05) is 6.07 Å². The molecule has 1 aromatic rings. The van der Waals surface area contributed by atoms with Crippen LogP contribution in [-0.4, -0.2) is 21.6 Å². The number of halogens is 3. The molecule has 3 N–H and O–H groups in total. The van der Waals surface area contributed by atoms with E-state index >= 15 is 0 Å². The minimum Gasteiger partial charge on any atom is -0.501 e. The summed E-state index contributed by atoms with van der Waals surface area (Å²) in [6, 6.07) is 0.364. The Kier molecular flexibility index (Phi) is 2.28. The third-order valence-electron chi connectivity index (χ3n) is 1.19. The van der Waals surface area contributed by atoms with Gasteiger partial charge in [-0.05, 0) is 0 Å². The molecule has 0 fully saturated rings. The Labute approximate surface area is 74.4 Å². The molecule has 1 heterocycles. The molecule has 1 aromatic heterocycles. The Hall–Kier alpha value is -1.86. The molecular formula is C6H4F3NO4. The fourth-order valence-corrected chi connectivity index (χ4v) is 0.719. The molecule has 0 bridgehead atoms. The van der Waals surface area contributed by atoms with Crippen LogP contribution in [0.2, 0.25) is 0 Å². The molecule has 0 unspecified atom stereocenters. The highest BCUT2D eigenvalue weighted by molar-refractivity contribution is 5.44. The van der Waals surface area contributed by atoms with Gasteiger partial charge in [-0.2, -0.15) is 0 Å². The Morgan fingerprint density at radius 2 is 1.93 bits per heavy atom. The van der Waals surface area contributed by atoms with Gasteiger partial charge in [0.2, 0.25) is 11.6 Å². The Bertz CT molecular complexity index is 397. The first-order valence-electron chi connectivity index (χ1n) is 3.20. The smallest absolute Gasteiger partial charge is 0.501 e. The molecule has 0 aromatic carbocycles. The summed E-state index contributed by atoms with van der Waals surface area (Å²) in [4.78, 5) is 12.2. The predicted octanol–water partition coefficient (Wildman–Crippen LogP) is 0.685. The van der Waals surface area contributed by atoms with Gasteiger partial charge in [-0.3, -0.25) is 9.78 Å². The van der Waals surface area contributed by atoms with Crippen LogP contribution in [0.3, 0.4) is 0 Å². The lowest BCUT2D eigenvalue weighted by molar-refractivity contribution is -0.275. The van der Waals surface area contributed by atoms with Gasteiger partial charge < -0.3 is 14.9 Å². The van der Waals surface area contributed by atoms with E-state index in [-0.39, 0.29) is 0 Å². The minimum absolute atomic E-state index is 0.364. The average Bonchev–Trinajstić information content (AvgIpc) is 1.96. The number of aromatic amines is 1. The third kappa shape index (κ3) is 2.31. The molecule has 0 aliphatic heterocycles. The molecule has 0 saturated heterocycles. The van der Waals surface area contributed by atoms with E-state index in [4.69, 9.17) is 10.2 Å². The van der Waals surface area contributed by atoms with Crippen molar-refractivity contribution in [2.45, 2.75) is 6.36 Å². The minimum atomic E-state index is -5.04. The standard InChI is InChI=1S/C6H4F3NO4/c7-6(8,9)14-2-1-3(11)10-5(13)4(2)12/h1,12H,(H2,10,11,13). The molecule has 0 amide bonds. The number of alkyl halides is 3. The van der Waals surface area contributed by atoms with Gasteiger partial charge in [-0.25, -0.2) is 0 Å². The van der Waals surface area contributed by atoms with Crippen molar-refractivity contribution in [1.29, 1.82) is 0 Å². The largest absolute Gasteiger partial charge is 0.573 e. The number of aromatic nitrogens is 1. The van der Waals surface area contributed by atoms with E-state index in [9.17, 15) is 18.0 Å². The zero-order chi connectivity index (χ0) is 10.9. The van der Waals surface area contributed by atoms with Crippen LogP contribution >= 0.6 is 0 Å². The molecule has 8 heteroatoms. The number of pyridine rings is 1. The molecule has 0 aliphatic rings. The van der Waals surface area contributed by atoms with Gasteiger partial charge in [-0.15, -0.1) is 13.2 Å². The van der Waals surface area contributed by atoms with E-state index in [1.807, 2.05) is 0 Å². The molecule has 0 radical (unpaired) electrons. The molecule has 78 valence electrons. The van der Waals surface area contributed by atoms with Crippen molar-refractivity contribution in [3.05, 3.63) is 16.4 Å². The topological polar surface area (TPSA) is 82.6 Å². The van der Waals surface area contributed by atoms with Gasteiger partial charge in [0.1, 0.15) is 0 Å². The number of rotatable bonds is 1. The fourth-order valence-electron chi connectivity index (χ4n) is 0.719. The monoisotopic (exact) mass is 211 g/mol. The highest BCUT2D eigenvalue weighted by atomic mass is 19.4. The summed E-state index contributed by atoms with van der Waals surface area (Å²) < 4.78 is 38.2. The van der Waals surface area contributed by atoms with Crippen LogP contribution in [0.5, 0.6) is 17.4 Å². The van der Waals surface area contributed by atoms with Crippen LogP contribution in [0.15, 0.2) is 10.9 Å². The van der Waals surface area contributed by atoms with E-state index in [2.05, 4.69) is 4.74 Å². The van der Waals surface area contributed by atoms with E-state index < -0.39 is 29.3 Å². The number of H-pyrrole nitrogens is 1. The lowest BCUT2D eigenvalue weighted by atomic mass is 10.4. The molecule has 14 heavy (non-hydrogen) atoms. The first-order chi connectivity index (χ1) is 6.29. The van der Waals surface area contributed by atoms with Crippen molar-refractivity contribution in [2.75, 3.05) is 0 Å². The highest BCUT2D eigenvalue weighted by Crippen LogP contribution is 2.34. The Balaban J connectivity index is 3.15. The van der Waals surface area contributed by atoms with Crippen molar-refractivity contribution in [2.24, 2.45) is 0 Å². The molecule has 5 nitrogen and oxygen atoms in total. The van der Waals surface area contributed by atoms with Crippen LogP contribution in [0.4, 0.5) is 13.2 Å². The van der Waals surface area contributed by atoms with E-state index in [1.165, 1.54) is 0 Å². The summed E-state index contributed by atoms with van der Waals surface area (Å²) >= 11 is 0. The second-order valence-corrected chi connectivity index (χ2v) is 2.24. The number of hydrogen-bond donors (Lipinski definition) is 3. The number of hydrogen-bond acceptors (Lipinski definition) is 4. The summed E-state index contributed by atoms with van der Waals surface area (Å²) in [5, 5.41) is 17.6. The Morgan fingerprint density at radius 1 is 1.36 bits per heavy atom. The Morgan fingerprint density at radius 3 is 2.43 bits per heavy atom. The maximum Gasteiger partial charge on any atom is 0.573 e. The molecule has 0 spiro atoms. The van der Waals surface area contributed by atoms with Crippen molar-refractivity contribution >= 4 is 0 Å². The zero-order valence-corrected chi connectivity index (χ0v) is 6.42. The van der Waals surface area contributed by atoms with Crippen molar-refractivity contribution in [1.82, 2.24) is 4.98 Å². The lowest BCUT2D eigenvalue weighted by Gasteiger charge is -2.09. The molecular weight excluding hydrogens is 207 g/mol. The van der Waals surface area contributed by atoms with E-state index in [1.54, 1.807) is 4.98 Å². The lowest BCUT2D eigenvalue weighted by Crippen LogP contribution is -2.18. The predicted molar refractivity (Wildman–Crippen MR) is 37.1 cm³/mol. The quantitative estimate of drug-likeness (QED) is 0.638. The maximum absolute atomic E-state index is 11.7. The second-order valence-electron chi connectivity index (χ2n) is 2.24. The van der Waals surface area contributed by atoms with Crippen molar-refractivity contribution in [3.63, 3.8) is 0 Å². The number of ether oxygens (including phenoxy) is 1. The van der Waals surface area contributed by atoms with Gasteiger partial charge in [0.15, 0.2) is 5.75 Å². The summed E-state index contributed by atoms with van der Waals surface area (Å²) in [7, 11) is 0. The van der Waals surface area contributed by atoms with Gasteiger partial charge >= 0.3 is 6.36 Å². The third-order valence-corrected chi connectivity index (χ3v) is 1.19. The normalized spacial score (nSPS) is 11.4. The number of nitrogens with one attached hydrogen (secondary N) is 1. The summed E-state index contributed by atoms with van der Waals surface area (Å²) in [5.41, 5.74) is -1.03. The maximum atomic E-state index is 11.7. The summed E-state index contributed by atoms with van der Waals surface area (Å²) in [6.07, 6.45) is -5.04. The van der Waals surface area contributed by atoms with Crippen LogP contribution < -0.4 is 10.3 Å². The van der Waals surface area contributed by atoms with Crippen LogP contribution in [-0.2, 0) is 0 Å². The SMILES string of the molecule is O=c1cc(OC(F)(F)F)c(O)c(O)[nH]1. The first kappa shape index (κ1) is 10.2. The summed E-state index contributed by atoms with van der Waals surface area (Å²) in [6.45, 7) is 0. The van der Waals surface area contributed by atoms with Crippen molar-refractivity contribution < 1.29 is 28.1 Å². The van der Waals surface area contributed by atoms with E-state index in [0.29, 0.717) is 6.07 Å². The number of aromatic hydroxyl groups is 2. The van der Waals surface area contributed by atoms with Gasteiger partial charge in [0.05, 0.1) is 0 Å². The molecule has 0 atom stereocenters. The zero-order valence-electron chi connectivity index (χ0n) is 6.42. The fraction of sp³-hybridized carbons (Fsp3) is 0.167. The van der Waals surface area contributed by atoms with Crippen LogP contribution in [0.25, 0.3) is 0 Å². The van der Waals surface area contributed by atoms with Crippen LogP contribution in [0, 0.1) is 0 Å². The van der Waals surface area contributed by atoms with Gasteiger partial charge in [-0.1, -0.05) is 0 Å². The average molecular weight is 211 g/mol. The van der Waals surface area contributed by atoms with E-state index in [0.717, 1.165) is 0 Å². The van der Waals surface area contributed by atoms with Crippen LogP contribution in [0.1, 0.15) is 0 Å².